The zero-order valence-electron chi connectivity index (χ0n) is 11.6. The van der Waals surface area contributed by atoms with Crippen LogP contribution in [0.15, 0.2) is 0 Å². The van der Waals surface area contributed by atoms with E-state index in [0.29, 0.717) is 12.1 Å². The Hall–Kier alpha value is 0.137. The highest BCUT2D eigenvalue weighted by atomic mass is 28.3. The molecule has 1 atom stereocenters. The van der Waals surface area contributed by atoms with Gasteiger partial charge >= 0.3 is 0 Å². The van der Waals surface area contributed by atoms with Gasteiger partial charge in [0.25, 0.3) is 0 Å². The van der Waals surface area contributed by atoms with E-state index in [9.17, 15) is 0 Å². The van der Waals surface area contributed by atoms with Gasteiger partial charge in [0.2, 0.25) is 8.40 Å². The second-order valence-electron chi connectivity index (χ2n) is 5.23. The van der Waals surface area contributed by atoms with Gasteiger partial charge in [0.15, 0.2) is 0 Å². The molecule has 0 rings (SSSR count). The van der Waals surface area contributed by atoms with Crippen LogP contribution < -0.4 is 9.96 Å². The molecule has 0 aliphatic carbocycles. The van der Waals surface area contributed by atoms with Crippen molar-refractivity contribution in [3.05, 3.63) is 0 Å². The van der Waals surface area contributed by atoms with Gasteiger partial charge in [-0.2, -0.15) is 0 Å². The summed E-state index contributed by atoms with van der Waals surface area (Å²) >= 11 is 0. The maximum Gasteiger partial charge on any atom is 0.204 e. The molecular formula is C12H30N2Si. The fraction of sp³-hybridized carbons (Fsp3) is 1.00. The van der Waals surface area contributed by atoms with Crippen LogP contribution in [-0.2, 0) is 0 Å². The molecule has 1 unspecified atom stereocenters. The molecule has 0 radical (unpaired) electrons. The lowest BCUT2D eigenvalue weighted by Crippen LogP contribution is -2.67. The molecule has 0 aliphatic heterocycles. The Morgan fingerprint density at radius 2 is 1.27 bits per heavy atom. The molecule has 0 fully saturated rings. The van der Waals surface area contributed by atoms with Gasteiger partial charge in [-0.3, -0.25) is 0 Å². The zero-order valence-corrected chi connectivity index (χ0v) is 12.6. The lowest BCUT2D eigenvalue weighted by molar-refractivity contribution is 0.616. The molecule has 0 aromatic heterocycles. The highest BCUT2D eigenvalue weighted by molar-refractivity contribution is 6.76. The van der Waals surface area contributed by atoms with Crippen molar-refractivity contribution < 1.29 is 0 Å². The standard InChI is InChI=1S/C12H30N2Si/c1-8-12(7)15(9-2,13-10(3)4)14-11(5)6/h10-14H,8-9H2,1-7H3. The molecule has 0 saturated heterocycles. The van der Waals surface area contributed by atoms with Crippen LogP contribution in [0.5, 0.6) is 0 Å². The van der Waals surface area contributed by atoms with Gasteiger partial charge in [-0.25, -0.2) is 0 Å². The molecular weight excluding hydrogens is 200 g/mol. The summed E-state index contributed by atoms with van der Waals surface area (Å²) in [6, 6.07) is 2.42. The SMILES string of the molecule is CCC(C)[Si](CC)(NC(C)C)NC(C)C. The van der Waals surface area contributed by atoms with E-state index in [2.05, 4.69) is 58.4 Å². The highest BCUT2D eigenvalue weighted by Crippen LogP contribution is 2.24. The highest BCUT2D eigenvalue weighted by Gasteiger charge is 2.37. The third kappa shape index (κ3) is 4.66. The van der Waals surface area contributed by atoms with E-state index in [-0.39, 0.29) is 0 Å². The minimum atomic E-state index is -1.50. The van der Waals surface area contributed by atoms with Gasteiger partial charge in [-0.05, 0) is 23.7 Å². The molecule has 0 saturated carbocycles. The second kappa shape index (κ2) is 6.66. The van der Waals surface area contributed by atoms with E-state index in [1.807, 2.05) is 0 Å². The minimum absolute atomic E-state index is 0.580. The van der Waals surface area contributed by atoms with Gasteiger partial charge in [-0.15, -0.1) is 0 Å². The van der Waals surface area contributed by atoms with Crippen LogP contribution in [0.4, 0.5) is 0 Å². The molecule has 0 aromatic rings. The number of hydrogen-bond donors (Lipinski definition) is 2. The lowest BCUT2D eigenvalue weighted by atomic mass is 10.4. The largest absolute Gasteiger partial charge is 0.323 e. The first-order valence-electron chi connectivity index (χ1n) is 6.43. The smallest absolute Gasteiger partial charge is 0.204 e. The fourth-order valence-electron chi connectivity index (χ4n) is 2.26. The van der Waals surface area contributed by atoms with Crippen molar-refractivity contribution in [2.45, 2.75) is 78.6 Å². The Morgan fingerprint density at radius 1 is 0.867 bits per heavy atom. The van der Waals surface area contributed by atoms with Gasteiger partial charge in [0.05, 0.1) is 0 Å². The summed E-state index contributed by atoms with van der Waals surface area (Å²) in [6.07, 6.45) is 1.26. The predicted octanol–water partition coefficient (Wildman–Crippen LogP) is 3.24. The molecule has 0 spiro atoms. The van der Waals surface area contributed by atoms with E-state index < -0.39 is 8.40 Å². The summed E-state index contributed by atoms with van der Waals surface area (Å²) in [5.41, 5.74) is 0.785. The number of rotatable bonds is 7. The Morgan fingerprint density at radius 3 is 1.47 bits per heavy atom. The van der Waals surface area contributed by atoms with Crippen LogP contribution in [0, 0.1) is 0 Å². The molecule has 2 nitrogen and oxygen atoms in total. The van der Waals surface area contributed by atoms with Gasteiger partial charge in [0.1, 0.15) is 0 Å². The maximum absolute atomic E-state index is 3.85. The topological polar surface area (TPSA) is 24.1 Å². The van der Waals surface area contributed by atoms with E-state index in [1.54, 1.807) is 0 Å². The van der Waals surface area contributed by atoms with Gasteiger partial charge in [0, 0.05) is 0 Å². The summed E-state index contributed by atoms with van der Waals surface area (Å²) < 4.78 is 0. The van der Waals surface area contributed by atoms with E-state index in [4.69, 9.17) is 0 Å². The summed E-state index contributed by atoms with van der Waals surface area (Å²) in [5, 5.41) is 0. The Labute approximate surface area is 97.4 Å². The molecule has 2 N–H and O–H groups in total. The molecule has 3 heteroatoms. The monoisotopic (exact) mass is 230 g/mol. The van der Waals surface area contributed by atoms with Crippen LogP contribution in [0.1, 0.15) is 54.9 Å². The third-order valence-corrected chi connectivity index (χ3v) is 8.49. The fourth-order valence-corrected chi connectivity index (χ4v) is 6.77. The van der Waals surface area contributed by atoms with E-state index in [1.165, 1.54) is 12.5 Å². The van der Waals surface area contributed by atoms with Crippen molar-refractivity contribution in [3.8, 4) is 0 Å². The lowest BCUT2D eigenvalue weighted by Gasteiger charge is -2.40. The molecule has 15 heavy (non-hydrogen) atoms. The van der Waals surface area contributed by atoms with Gasteiger partial charge < -0.3 is 9.96 Å². The van der Waals surface area contributed by atoms with Crippen LogP contribution in [0.25, 0.3) is 0 Å². The summed E-state index contributed by atoms with van der Waals surface area (Å²) in [6.45, 7) is 16.0. The van der Waals surface area contributed by atoms with Crippen LogP contribution in [-0.4, -0.2) is 20.5 Å². The van der Waals surface area contributed by atoms with Crippen molar-refractivity contribution in [1.82, 2.24) is 9.96 Å². The summed E-state index contributed by atoms with van der Waals surface area (Å²) in [7, 11) is -1.50. The average molecular weight is 230 g/mol. The summed E-state index contributed by atoms with van der Waals surface area (Å²) in [5.74, 6) is 0. The Balaban J connectivity index is 4.74. The predicted molar refractivity (Wildman–Crippen MR) is 72.5 cm³/mol. The molecule has 0 amide bonds. The van der Waals surface area contributed by atoms with Crippen LogP contribution >= 0.6 is 0 Å². The van der Waals surface area contributed by atoms with Gasteiger partial charge in [-0.1, -0.05) is 54.9 Å². The normalized spacial score (nSPS) is 15.0. The molecule has 0 aliphatic rings. The van der Waals surface area contributed by atoms with E-state index >= 15 is 0 Å². The van der Waals surface area contributed by atoms with Crippen LogP contribution in [0.3, 0.4) is 0 Å². The zero-order chi connectivity index (χ0) is 12.1. The minimum Gasteiger partial charge on any atom is -0.323 e. The Bertz CT molecular complexity index is 159. The van der Waals surface area contributed by atoms with Crippen molar-refractivity contribution in [2.24, 2.45) is 0 Å². The average Bonchev–Trinajstić information content (AvgIpc) is 2.13. The molecule has 0 heterocycles. The number of nitrogens with one attached hydrogen (secondary N) is 2. The first kappa shape index (κ1) is 15.1. The summed E-state index contributed by atoms with van der Waals surface area (Å²) in [4.78, 5) is 7.71. The molecule has 0 bridgehead atoms. The van der Waals surface area contributed by atoms with Crippen molar-refractivity contribution in [3.63, 3.8) is 0 Å². The van der Waals surface area contributed by atoms with Crippen molar-refractivity contribution in [2.75, 3.05) is 0 Å². The van der Waals surface area contributed by atoms with Crippen molar-refractivity contribution >= 4 is 8.40 Å². The first-order valence-corrected chi connectivity index (χ1v) is 8.71. The van der Waals surface area contributed by atoms with E-state index in [0.717, 1.165) is 5.54 Å². The Kier molecular flexibility index (Phi) is 6.72. The second-order valence-corrected chi connectivity index (χ2v) is 9.45. The first-order chi connectivity index (χ1) is 6.88. The number of hydrogen-bond acceptors (Lipinski definition) is 2. The quantitative estimate of drug-likeness (QED) is 0.656. The van der Waals surface area contributed by atoms with Crippen LogP contribution in [0.2, 0.25) is 11.6 Å². The maximum atomic E-state index is 3.85. The van der Waals surface area contributed by atoms with Crippen molar-refractivity contribution in [1.29, 1.82) is 0 Å². The molecule has 92 valence electrons. The third-order valence-electron chi connectivity index (χ3n) is 3.10. The molecule has 0 aromatic carbocycles.